The molecule has 0 fully saturated rings. The van der Waals surface area contributed by atoms with Gasteiger partial charge in [0.25, 0.3) is 0 Å². The van der Waals surface area contributed by atoms with Gasteiger partial charge in [-0.3, -0.25) is 0 Å². The van der Waals surface area contributed by atoms with Crippen LogP contribution >= 0.6 is 0 Å². The average molecular weight is 173 g/mol. The van der Waals surface area contributed by atoms with Gasteiger partial charge in [-0.1, -0.05) is 6.07 Å². The highest BCUT2D eigenvalue weighted by molar-refractivity contribution is 5.87. The van der Waals surface area contributed by atoms with Gasteiger partial charge in [-0.2, -0.15) is 8.78 Å². The third-order valence-electron chi connectivity index (χ3n) is 1.07. The van der Waals surface area contributed by atoms with E-state index in [2.05, 4.69) is 9.72 Å². The van der Waals surface area contributed by atoms with E-state index >= 15 is 0 Å². The fraction of sp³-hybridized carbons (Fsp3) is 0.143. The van der Waals surface area contributed by atoms with Gasteiger partial charge >= 0.3 is 12.6 Å². The molecule has 12 heavy (non-hydrogen) atoms. The maximum Gasteiger partial charge on any atom is 0.389 e. The van der Waals surface area contributed by atoms with Crippen molar-refractivity contribution in [3.05, 3.63) is 30.1 Å². The topological polar surface area (TPSA) is 39.2 Å². The zero-order chi connectivity index (χ0) is 8.97. The Morgan fingerprint density at radius 3 is 2.75 bits per heavy atom. The molecule has 0 radical (unpaired) electrons. The summed E-state index contributed by atoms with van der Waals surface area (Å²) in [4.78, 5) is 14.2. The van der Waals surface area contributed by atoms with Gasteiger partial charge in [0, 0.05) is 6.20 Å². The van der Waals surface area contributed by atoms with Gasteiger partial charge in [-0.25, -0.2) is 9.78 Å². The van der Waals surface area contributed by atoms with Crippen LogP contribution in [0.15, 0.2) is 24.4 Å². The second-order valence-electron chi connectivity index (χ2n) is 1.88. The third kappa shape index (κ3) is 2.26. The minimum atomic E-state index is -3.10. The number of aromatic nitrogens is 1. The Morgan fingerprint density at radius 2 is 2.25 bits per heavy atom. The Bertz CT molecular complexity index is 263. The molecule has 0 aliphatic carbocycles. The van der Waals surface area contributed by atoms with Crippen molar-refractivity contribution in [1.29, 1.82) is 0 Å². The summed E-state index contributed by atoms with van der Waals surface area (Å²) in [6, 6.07) is 4.37. The van der Waals surface area contributed by atoms with Crippen LogP contribution in [0.3, 0.4) is 0 Å². The molecule has 0 N–H and O–H groups in total. The maximum absolute atomic E-state index is 11.5. The molecule has 1 aromatic heterocycles. The molecule has 0 amide bonds. The first-order valence-corrected chi connectivity index (χ1v) is 3.10. The second kappa shape index (κ2) is 3.75. The van der Waals surface area contributed by atoms with Crippen LogP contribution in [0, 0.1) is 0 Å². The van der Waals surface area contributed by atoms with Crippen molar-refractivity contribution in [2.24, 2.45) is 0 Å². The lowest BCUT2D eigenvalue weighted by Crippen LogP contribution is -2.10. The van der Waals surface area contributed by atoms with Crippen LogP contribution in [-0.2, 0) is 4.74 Å². The first kappa shape index (κ1) is 8.58. The Balaban J connectivity index is 2.66. The molecule has 0 aromatic carbocycles. The molecule has 0 bridgehead atoms. The van der Waals surface area contributed by atoms with Crippen molar-refractivity contribution in [2.45, 2.75) is 6.61 Å². The van der Waals surface area contributed by atoms with E-state index in [0.29, 0.717) is 0 Å². The third-order valence-corrected chi connectivity index (χ3v) is 1.07. The smallest absolute Gasteiger partial charge is 0.389 e. The Morgan fingerprint density at radius 1 is 1.50 bits per heavy atom. The predicted octanol–water partition coefficient (Wildman–Crippen LogP) is 1.46. The molecule has 0 atom stereocenters. The summed E-state index contributed by atoms with van der Waals surface area (Å²) in [5.41, 5.74) is -0.127. The lowest BCUT2D eigenvalue weighted by Gasteiger charge is -2.00. The number of ether oxygens (including phenoxy) is 1. The Labute approximate surface area is 67.0 Å². The number of pyridine rings is 1. The maximum atomic E-state index is 11.5. The summed E-state index contributed by atoms with van der Waals surface area (Å²) in [5.74, 6) is -1.12. The van der Waals surface area contributed by atoms with Crippen LogP contribution in [0.25, 0.3) is 0 Å². The molecule has 5 heteroatoms. The zero-order valence-electron chi connectivity index (χ0n) is 5.91. The van der Waals surface area contributed by atoms with Crippen LogP contribution in [0.5, 0.6) is 0 Å². The average Bonchev–Trinajstić information content (AvgIpc) is 2.05. The van der Waals surface area contributed by atoms with Gasteiger partial charge in [0.1, 0.15) is 5.69 Å². The minimum Gasteiger partial charge on any atom is -0.398 e. The van der Waals surface area contributed by atoms with Crippen LogP contribution < -0.4 is 0 Å². The number of halogens is 2. The van der Waals surface area contributed by atoms with E-state index in [9.17, 15) is 13.6 Å². The van der Waals surface area contributed by atoms with Crippen molar-refractivity contribution in [3.8, 4) is 0 Å². The molecule has 0 aliphatic heterocycles. The molecular weight excluding hydrogens is 168 g/mol. The first-order chi connectivity index (χ1) is 5.70. The van der Waals surface area contributed by atoms with Crippen molar-refractivity contribution >= 4 is 5.97 Å². The standard InChI is InChI=1S/C7H5F2NO2/c8-7(9)12-6(11)5-3-1-2-4-10-5/h1-4,7H. The van der Waals surface area contributed by atoms with Crippen LogP contribution in [0.2, 0.25) is 0 Å². The van der Waals surface area contributed by atoms with Crippen molar-refractivity contribution in [2.75, 3.05) is 0 Å². The molecule has 0 saturated heterocycles. The summed E-state index contributed by atoms with van der Waals surface area (Å²) < 4.78 is 26.6. The molecule has 1 heterocycles. The fourth-order valence-corrected chi connectivity index (χ4v) is 0.625. The van der Waals surface area contributed by atoms with Crippen LogP contribution in [-0.4, -0.2) is 17.6 Å². The summed E-state index contributed by atoms with van der Waals surface area (Å²) in [7, 11) is 0. The van der Waals surface area contributed by atoms with E-state index in [4.69, 9.17) is 0 Å². The molecule has 0 spiro atoms. The summed E-state index contributed by atoms with van der Waals surface area (Å²) >= 11 is 0. The molecule has 64 valence electrons. The Kier molecular flexibility index (Phi) is 2.68. The summed E-state index contributed by atoms with van der Waals surface area (Å²) in [6.45, 7) is -3.10. The monoisotopic (exact) mass is 173 g/mol. The molecule has 0 saturated carbocycles. The number of hydrogen-bond acceptors (Lipinski definition) is 3. The minimum absolute atomic E-state index is 0.127. The van der Waals surface area contributed by atoms with E-state index in [1.165, 1.54) is 18.3 Å². The second-order valence-corrected chi connectivity index (χ2v) is 1.88. The number of hydrogen-bond donors (Lipinski definition) is 0. The van der Waals surface area contributed by atoms with Crippen molar-refractivity contribution < 1.29 is 18.3 Å². The number of esters is 1. The van der Waals surface area contributed by atoms with Gasteiger partial charge in [0.05, 0.1) is 0 Å². The number of rotatable bonds is 2. The highest BCUT2D eigenvalue weighted by atomic mass is 19.3. The zero-order valence-corrected chi connectivity index (χ0v) is 5.91. The normalized spacial score (nSPS) is 9.92. The van der Waals surface area contributed by atoms with E-state index in [1.54, 1.807) is 6.07 Å². The molecule has 0 unspecified atom stereocenters. The quantitative estimate of drug-likeness (QED) is 0.635. The summed E-state index contributed by atoms with van der Waals surface area (Å²) in [5, 5.41) is 0. The number of nitrogens with zero attached hydrogens (tertiary/aromatic N) is 1. The molecular formula is C7H5F2NO2. The van der Waals surface area contributed by atoms with Crippen molar-refractivity contribution in [1.82, 2.24) is 4.98 Å². The predicted molar refractivity (Wildman–Crippen MR) is 35.7 cm³/mol. The molecule has 1 aromatic rings. The van der Waals surface area contributed by atoms with Gasteiger partial charge in [0.15, 0.2) is 0 Å². The first-order valence-electron chi connectivity index (χ1n) is 3.10. The van der Waals surface area contributed by atoms with E-state index in [1.807, 2.05) is 0 Å². The van der Waals surface area contributed by atoms with Gasteiger partial charge in [0.2, 0.25) is 0 Å². The SMILES string of the molecule is O=C(OC(F)F)c1ccccn1. The Hall–Kier alpha value is -1.52. The number of carbonyl (C=O) groups excluding carboxylic acids is 1. The lowest BCUT2D eigenvalue weighted by atomic mass is 10.4. The van der Waals surface area contributed by atoms with Gasteiger partial charge in [-0.05, 0) is 12.1 Å². The van der Waals surface area contributed by atoms with Crippen LogP contribution in [0.1, 0.15) is 10.5 Å². The number of carbonyl (C=O) groups is 1. The molecule has 1 rings (SSSR count). The fourth-order valence-electron chi connectivity index (χ4n) is 0.625. The largest absolute Gasteiger partial charge is 0.398 e. The van der Waals surface area contributed by atoms with E-state index in [-0.39, 0.29) is 5.69 Å². The van der Waals surface area contributed by atoms with Crippen molar-refractivity contribution in [3.63, 3.8) is 0 Å². The lowest BCUT2D eigenvalue weighted by molar-refractivity contribution is -0.0909. The van der Waals surface area contributed by atoms with E-state index in [0.717, 1.165) is 0 Å². The van der Waals surface area contributed by atoms with E-state index < -0.39 is 12.6 Å². The van der Waals surface area contributed by atoms with Gasteiger partial charge in [-0.15, -0.1) is 0 Å². The van der Waals surface area contributed by atoms with Gasteiger partial charge < -0.3 is 4.74 Å². The summed E-state index contributed by atoms with van der Waals surface area (Å²) in [6.07, 6.45) is 1.32. The number of alkyl halides is 2. The van der Waals surface area contributed by atoms with Crippen LogP contribution in [0.4, 0.5) is 8.78 Å². The highest BCUT2D eigenvalue weighted by Crippen LogP contribution is 2.01. The molecule has 0 aliphatic rings. The molecule has 3 nitrogen and oxygen atoms in total. The highest BCUT2D eigenvalue weighted by Gasteiger charge is 2.13.